The zero-order valence-corrected chi connectivity index (χ0v) is 10.6. The normalized spacial score (nSPS) is 16.1. The van der Waals surface area contributed by atoms with Gasteiger partial charge in [0.2, 0.25) is 0 Å². The van der Waals surface area contributed by atoms with E-state index in [2.05, 4.69) is 21.4 Å². The van der Waals surface area contributed by atoms with Crippen molar-refractivity contribution in [1.29, 1.82) is 0 Å². The number of hydrogen-bond donors (Lipinski definition) is 1. The highest BCUT2D eigenvalue weighted by Gasteiger charge is 2.14. The molecule has 0 unspecified atom stereocenters. The summed E-state index contributed by atoms with van der Waals surface area (Å²) in [6, 6.07) is 4.76. The van der Waals surface area contributed by atoms with Crippen LogP contribution in [0, 0.1) is 6.92 Å². The van der Waals surface area contributed by atoms with E-state index in [1.54, 1.807) is 6.20 Å². The van der Waals surface area contributed by atoms with Crippen LogP contribution in [0.3, 0.4) is 0 Å². The van der Waals surface area contributed by atoms with Crippen molar-refractivity contribution in [1.82, 2.24) is 14.5 Å². The lowest BCUT2D eigenvalue weighted by Gasteiger charge is -2.13. The van der Waals surface area contributed by atoms with Crippen LogP contribution in [0.1, 0.15) is 31.5 Å². The number of imidazole rings is 1. The van der Waals surface area contributed by atoms with Crippen LogP contribution >= 0.6 is 0 Å². The molecular formula is C14H18N4. The van der Waals surface area contributed by atoms with Gasteiger partial charge in [0, 0.05) is 18.4 Å². The maximum atomic E-state index is 4.48. The Kier molecular flexibility index (Phi) is 3.00. The molecule has 4 nitrogen and oxygen atoms in total. The van der Waals surface area contributed by atoms with Gasteiger partial charge < -0.3 is 5.32 Å². The standard InChI is InChI=1S/C14H18N4/c1-11-15-8-9-18(11)14-7-6-13(10-16-14)17-12-4-2-3-5-12/h6-10,12,17H,2-5H2,1H3. The molecule has 0 atom stereocenters. The van der Waals surface area contributed by atoms with E-state index in [0.29, 0.717) is 6.04 Å². The molecule has 2 aromatic rings. The molecule has 1 aliphatic carbocycles. The van der Waals surface area contributed by atoms with Gasteiger partial charge in [0.25, 0.3) is 0 Å². The fourth-order valence-electron chi connectivity index (χ4n) is 2.54. The van der Waals surface area contributed by atoms with Crippen LogP contribution in [0.25, 0.3) is 5.82 Å². The van der Waals surface area contributed by atoms with Gasteiger partial charge in [-0.25, -0.2) is 9.97 Å². The molecule has 0 saturated heterocycles. The van der Waals surface area contributed by atoms with Crippen LogP contribution in [-0.4, -0.2) is 20.6 Å². The van der Waals surface area contributed by atoms with E-state index in [1.165, 1.54) is 25.7 Å². The third-order valence-corrected chi connectivity index (χ3v) is 3.55. The second kappa shape index (κ2) is 4.80. The first kappa shape index (κ1) is 11.3. The molecule has 0 radical (unpaired) electrons. The summed E-state index contributed by atoms with van der Waals surface area (Å²) in [4.78, 5) is 8.69. The number of anilines is 1. The molecule has 3 rings (SSSR count). The van der Waals surface area contributed by atoms with Gasteiger partial charge in [0.05, 0.1) is 11.9 Å². The average Bonchev–Trinajstić information content (AvgIpc) is 3.02. The Labute approximate surface area is 107 Å². The van der Waals surface area contributed by atoms with Gasteiger partial charge in [-0.1, -0.05) is 12.8 Å². The highest BCUT2D eigenvalue weighted by Crippen LogP contribution is 2.22. The highest BCUT2D eigenvalue weighted by atomic mass is 15.1. The van der Waals surface area contributed by atoms with E-state index in [0.717, 1.165) is 17.3 Å². The fourth-order valence-corrected chi connectivity index (χ4v) is 2.54. The first-order valence-electron chi connectivity index (χ1n) is 6.56. The Morgan fingerprint density at radius 1 is 1.22 bits per heavy atom. The second-order valence-electron chi connectivity index (χ2n) is 4.88. The van der Waals surface area contributed by atoms with Crippen LogP contribution in [0.2, 0.25) is 0 Å². The molecule has 4 heteroatoms. The number of aromatic nitrogens is 3. The van der Waals surface area contributed by atoms with Crippen molar-refractivity contribution in [3.8, 4) is 5.82 Å². The Hall–Kier alpha value is -1.84. The SMILES string of the molecule is Cc1nccn1-c1ccc(NC2CCCC2)cn1. The second-order valence-corrected chi connectivity index (χ2v) is 4.88. The maximum absolute atomic E-state index is 4.48. The monoisotopic (exact) mass is 242 g/mol. The summed E-state index contributed by atoms with van der Waals surface area (Å²) < 4.78 is 1.99. The van der Waals surface area contributed by atoms with Crippen molar-refractivity contribution < 1.29 is 0 Å². The molecule has 0 spiro atoms. The minimum absolute atomic E-state index is 0.632. The van der Waals surface area contributed by atoms with Crippen molar-refractivity contribution in [2.45, 2.75) is 38.6 Å². The predicted octanol–water partition coefficient (Wildman–Crippen LogP) is 2.93. The summed E-state index contributed by atoms with van der Waals surface area (Å²) in [5, 5.41) is 3.54. The molecular weight excluding hydrogens is 224 g/mol. The quantitative estimate of drug-likeness (QED) is 0.899. The molecule has 1 fully saturated rings. The molecule has 18 heavy (non-hydrogen) atoms. The predicted molar refractivity (Wildman–Crippen MR) is 72.0 cm³/mol. The zero-order valence-electron chi connectivity index (χ0n) is 10.6. The van der Waals surface area contributed by atoms with Crippen LogP contribution in [-0.2, 0) is 0 Å². The van der Waals surface area contributed by atoms with Gasteiger partial charge in [-0.3, -0.25) is 4.57 Å². The Bertz CT molecular complexity index is 509. The highest BCUT2D eigenvalue weighted by molar-refractivity contribution is 5.44. The summed E-state index contributed by atoms with van der Waals surface area (Å²) in [6.45, 7) is 1.98. The van der Waals surface area contributed by atoms with Crippen LogP contribution < -0.4 is 5.32 Å². The fraction of sp³-hybridized carbons (Fsp3) is 0.429. The summed E-state index contributed by atoms with van der Waals surface area (Å²) in [6.07, 6.45) is 10.9. The summed E-state index contributed by atoms with van der Waals surface area (Å²) in [7, 11) is 0. The molecule has 94 valence electrons. The average molecular weight is 242 g/mol. The minimum Gasteiger partial charge on any atom is -0.381 e. The Morgan fingerprint density at radius 2 is 2.06 bits per heavy atom. The molecule has 2 heterocycles. The van der Waals surface area contributed by atoms with Gasteiger partial charge in [0.15, 0.2) is 0 Å². The lowest BCUT2D eigenvalue weighted by Crippen LogP contribution is -2.14. The van der Waals surface area contributed by atoms with Crippen molar-refractivity contribution in [3.63, 3.8) is 0 Å². The van der Waals surface area contributed by atoms with E-state index >= 15 is 0 Å². The van der Waals surface area contributed by atoms with Gasteiger partial charge in [-0.15, -0.1) is 0 Å². The van der Waals surface area contributed by atoms with Gasteiger partial charge in [-0.2, -0.15) is 0 Å². The molecule has 0 bridgehead atoms. The van der Waals surface area contributed by atoms with Crippen molar-refractivity contribution >= 4 is 5.69 Å². The third-order valence-electron chi connectivity index (χ3n) is 3.55. The van der Waals surface area contributed by atoms with Gasteiger partial charge >= 0.3 is 0 Å². The lowest BCUT2D eigenvalue weighted by atomic mass is 10.2. The largest absolute Gasteiger partial charge is 0.381 e. The number of rotatable bonds is 3. The van der Waals surface area contributed by atoms with Crippen LogP contribution in [0.4, 0.5) is 5.69 Å². The topological polar surface area (TPSA) is 42.7 Å². The zero-order chi connectivity index (χ0) is 12.4. The van der Waals surface area contributed by atoms with Crippen LogP contribution in [0.15, 0.2) is 30.7 Å². The number of nitrogens with one attached hydrogen (secondary N) is 1. The summed E-state index contributed by atoms with van der Waals surface area (Å²) in [5.41, 5.74) is 1.11. The van der Waals surface area contributed by atoms with Crippen molar-refractivity contribution in [2.75, 3.05) is 5.32 Å². The molecule has 1 N–H and O–H groups in total. The van der Waals surface area contributed by atoms with E-state index in [1.807, 2.05) is 30.0 Å². The first-order chi connectivity index (χ1) is 8.83. The van der Waals surface area contributed by atoms with E-state index in [4.69, 9.17) is 0 Å². The number of hydrogen-bond acceptors (Lipinski definition) is 3. The summed E-state index contributed by atoms with van der Waals surface area (Å²) in [5.74, 6) is 1.88. The van der Waals surface area contributed by atoms with Crippen molar-refractivity contribution in [2.24, 2.45) is 0 Å². The Morgan fingerprint density at radius 3 is 2.67 bits per heavy atom. The maximum Gasteiger partial charge on any atom is 0.138 e. The van der Waals surface area contributed by atoms with Gasteiger partial charge in [-0.05, 0) is 31.9 Å². The van der Waals surface area contributed by atoms with Crippen LogP contribution in [0.5, 0.6) is 0 Å². The molecule has 0 aromatic carbocycles. The molecule has 1 saturated carbocycles. The molecule has 2 aromatic heterocycles. The number of nitrogens with zero attached hydrogens (tertiary/aromatic N) is 3. The van der Waals surface area contributed by atoms with E-state index < -0.39 is 0 Å². The lowest BCUT2D eigenvalue weighted by molar-refractivity contribution is 0.754. The minimum atomic E-state index is 0.632. The summed E-state index contributed by atoms with van der Waals surface area (Å²) >= 11 is 0. The van der Waals surface area contributed by atoms with E-state index in [9.17, 15) is 0 Å². The number of aryl methyl sites for hydroxylation is 1. The first-order valence-corrected chi connectivity index (χ1v) is 6.56. The van der Waals surface area contributed by atoms with Crippen molar-refractivity contribution in [3.05, 3.63) is 36.5 Å². The third kappa shape index (κ3) is 2.23. The molecule has 0 amide bonds. The van der Waals surface area contributed by atoms with Gasteiger partial charge in [0.1, 0.15) is 11.6 Å². The molecule has 1 aliphatic rings. The Balaban J connectivity index is 1.74. The van der Waals surface area contributed by atoms with E-state index in [-0.39, 0.29) is 0 Å². The smallest absolute Gasteiger partial charge is 0.138 e. The number of pyridine rings is 1. The molecule has 0 aliphatic heterocycles.